The number of anilines is 1. The summed E-state index contributed by atoms with van der Waals surface area (Å²) in [4.78, 5) is 0. The summed E-state index contributed by atoms with van der Waals surface area (Å²) in [5.41, 5.74) is 9.41. The van der Waals surface area contributed by atoms with Gasteiger partial charge in [-0.1, -0.05) is 54.6 Å². The molecule has 3 aromatic carbocycles. The summed E-state index contributed by atoms with van der Waals surface area (Å²) in [6.45, 7) is 1.07. The summed E-state index contributed by atoms with van der Waals surface area (Å²) in [6, 6.07) is 23.6. The number of rotatable bonds is 5. The normalized spacial score (nSPS) is 15.7. The second kappa shape index (κ2) is 6.05. The Hall–Kier alpha value is -2.32. The van der Waals surface area contributed by atoms with E-state index < -0.39 is 0 Å². The summed E-state index contributed by atoms with van der Waals surface area (Å²) in [6.07, 6.45) is 2.71. The van der Waals surface area contributed by atoms with Crippen molar-refractivity contribution < 1.29 is 0 Å². The monoisotopic (exact) mass is 302 g/mol. The van der Waals surface area contributed by atoms with Crippen molar-refractivity contribution in [3.05, 3.63) is 77.9 Å². The SMILES string of the molecule is Nc1cccc(C(NCC2CC2)c2cccc3ccccc23)c1. The van der Waals surface area contributed by atoms with Gasteiger partial charge in [-0.25, -0.2) is 0 Å². The van der Waals surface area contributed by atoms with E-state index >= 15 is 0 Å². The Morgan fingerprint density at radius 2 is 1.74 bits per heavy atom. The minimum absolute atomic E-state index is 0.185. The van der Waals surface area contributed by atoms with Gasteiger partial charge in [-0.3, -0.25) is 0 Å². The standard InChI is InChI=1S/C21H22N2/c22-18-8-3-7-17(13-18)21(23-14-15-11-12-15)20-10-4-6-16-5-1-2-9-19(16)20/h1-10,13,15,21,23H,11-12,14,22H2. The van der Waals surface area contributed by atoms with Crippen LogP contribution in [0.3, 0.4) is 0 Å². The highest BCUT2D eigenvalue weighted by molar-refractivity contribution is 5.86. The Morgan fingerprint density at radius 1 is 0.957 bits per heavy atom. The van der Waals surface area contributed by atoms with E-state index in [0.29, 0.717) is 0 Å². The highest BCUT2D eigenvalue weighted by Gasteiger charge is 2.24. The van der Waals surface area contributed by atoms with Crippen LogP contribution < -0.4 is 11.1 Å². The van der Waals surface area contributed by atoms with Gasteiger partial charge in [-0.15, -0.1) is 0 Å². The summed E-state index contributed by atoms with van der Waals surface area (Å²) in [5.74, 6) is 0.841. The average Bonchev–Trinajstić information content (AvgIpc) is 3.40. The first-order chi connectivity index (χ1) is 11.3. The van der Waals surface area contributed by atoms with Crippen LogP contribution in [0.4, 0.5) is 5.69 Å². The number of nitrogens with two attached hydrogens (primary N) is 1. The average molecular weight is 302 g/mol. The van der Waals surface area contributed by atoms with Crippen LogP contribution in [0.5, 0.6) is 0 Å². The highest BCUT2D eigenvalue weighted by atomic mass is 14.9. The Labute approximate surface area is 137 Å². The van der Waals surface area contributed by atoms with E-state index in [1.165, 1.54) is 34.7 Å². The second-order valence-corrected chi connectivity index (χ2v) is 6.52. The molecule has 0 heterocycles. The van der Waals surface area contributed by atoms with Crippen molar-refractivity contribution >= 4 is 16.5 Å². The van der Waals surface area contributed by atoms with Gasteiger partial charge in [0, 0.05) is 5.69 Å². The van der Waals surface area contributed by atoms with Crippen molar-refractivity contribution in [1.82, 2.24) is 5.32 Å². The second-order valence-electron chi connectivity index (χ2n) is 6.52. The fourth-order valence-corrected chi connectivity index (χ4v) is 3.25. The Balaban J connectivity index is 1.79. The molecule has 1 unspecified atom stereocenters. The van der Waals surface area contributed by atoms with Gasteiger partial charge in [0.25, 0.3) is 0 Å². The zero-order valence-corrected chi connectivity index (χ0v) is 13.2. The van der Waals surface area contributed by atoms with Crippen LogP contribution in [0.2, 0.25) is 0 Å². The first kappa shape index (κ1) is 14.3. The minimum atomic E-state index is 0.185. The topological polar surface area (TPSA) is 38.0 Å². The Kier molecular flexibility index (Phi) is 3.76. The maximum Gasteiger partial charge on any atom is 0.0583 e. The molecule has 0 aliphatic heterocycles. The van der Waals surface area contributed by atoms with Crippen molar-refractivity contribution in [2.75, 3.05) is 12.3 Å². The van der Waals surface area contributed by atoms with Gasteiger partial charge in [0.1, 0.15) is 0 Å². The van der Waals surface area contributed by atoms with Crippen molar-refractivity contribution in [2.24, 2.45) is 5.92 Å². The molecule has 1 fully saturated rings. The largest absolute Gasteiger partial charge is 0.399 e. The van der Waals surface area contributed by atoms with Crippen LogP contribution in [-0.2, 0) is 0 Å². The predicted octanol–water partition coefficient (Wildman–Crippen LogP) is 4.51. The van der Waals surface area contributed by atoms with E-state index in [0.717, 1.165) is 18.2 Å². The molecule has 0 bridgehead atoms. The van der Waals surface area contributed by atoms with Crippen LogP contribution in [0.15, 0.2) is 66.7 Å². The smallest absolute Gasteiger partial charge is 0.0583 e. The lowest BCUT2D eigenvalue weighted by Gasteiger charge is -2.22. The molecule has 0 aromatic heterocycles. The van der Waals surface area contributed by atoms with Gasteiger partial charge in [0.2, 0.25) is 0 Å². The van der Waals surface area contributed by atoms with E-state index in [1.54, 1.807) is 0 Å². The van der Waals surface area contributed by atoms with Crippen molar-refractivity contribution in [3.8, 4) is 0 Å². The van der Waals surface area contributed by atoms with E-state index in [4.69, 9.17) is 5.73 Å². The number of hydrogen-bond donors (Lipinski definition) is 2. The molecule has 3 N–H and O–H groups in total. The lowest BCUT2D eigenvalue weighted by molar-refractivity contribution is 0.576. The summed E-state index contributed by atoms with van der Waals surface area (Å²) >= 11 is 0. The van der Waals surface area contributed by atoms with Crippen LogP contribution in [0.1, 0.15) is 30.0 Å². The highest BCUT2D eigenvalue weighted by Crippen LogP contribution is 2.33. The number of benzene rings is 3. The van der Waals surface area contributed by atoms with Gasteiger partial charge in [-0.2, -0.15) is 0 Å². The van der Waals surface area contributed by atoms with Gasteiger partial charge in [0.05, 0.1) is 6.04 Å². The molecule has 2 heteroatoms. The summed E-state index contributed by atoms with van der Waals surface area (Å²) in [5, 5.41) is 6.37. The molecule has 4 rings (SSSR count). The molecule has 0 radical (unpaired) electrons. The zero-order valence-electron chi connectivity index (χ0n) is 13.2. The van der Waals surface area contributed by atoms with E-state index in [-0.39, 0.29) is 6.04 Å². The Bertz CT molecular complexity index is 815. The van der Waals surface area contributed by atoms with Gasteiger partial charge >= 0.3 is 0 Å². The fourth-order valence-electron chi connectivity index (χ4n) is 3.25. The molecular formula is C21H22N2. The third-order valence-electron chi connectivity index (χ3n) is 4.69. The van der Waals surface area contributed by atoms with E-state index in [9.17, 15) is 0 Å². The lowest BCUT2D eigenvalue weighted by atomic mass is 9.93. The van der Waals surface area contributed by atoms with Crippen LogP contribution in [0.25, 0.3) is 10.8 Å². The van der Waals surface area contributed by atoms with Crippen molar-refractivity contribution in [1.29, 1.82) is 0 Å². The summed E-state index contributed by atoms with van der Waals surface area (Å²) in [7, 11) is 0. The molecular weight excluding hydrogens is 280 g/mol. The van der Waals surface area contributed by atoms with Gasteiger partial charge in [0.15, 0.2) is 0 Å². The van der Waals surface area contributed by atoms with Crippen molar-refractivity contribution in [2.45, 2.75) is 18.9 Å². The number of nitrogen functional groups attached to an aromatic ring is 1. The van der Waals surface area contributed by atoms with Crippen LogP contribution in [-0.4, -0.2) is 6.54 Å². The quantitative estimate of drug-likeness (QED) is 0.680. The third kappa shape index (κ3) is 3.08. The molecule has 23 heavy (non-hydrogen) atoms. The molecule has 2 nitrogen and oxygen atoms in total. The van der Waals surface area contributed by atoms with Gasteiger partial charge in [-0.05, 0) is 59.3 Å². The number of nitrogens with one attached hydrogen (secondary N) is 1. The molecule has 0 amide bonds. The van der Waals surface area contributed by atoms with Gasteiger partial charge < -0.3 is 11.1 Å². The number of hydrogen-bond acceptors (Lipinski definition) is 2. The first-order valence-corrected chi connectivity index (χ1v) is 8.38. The lowest BCUT2D eigenvalue weighted by Crippen LogP contribution is -2.25. The molecule has 3 aromatic rings. The molecule has 1 aliphatic rings. The van der Waals surface area contributed by atoms with E-state index in [1.807, 2.05) is 12.1 Å². The first-order valence-electron chi connectivity index (χ1n) is 8.38. The molecule has 1 atom stereocenters. The van der Waals surface area contributed by atoms with Crippen molar-refractivity contribution in [3.63, 3.8) is 0 Å². The fraction of sp³-hybridized carbons (Fsp3) is 0.238. The molecule has 0 saturated heterocycles. The zero-order chi connectivity index (χ0) is 15.6. The number of fused-ring (bicyclic) bond motifs is 1. The molecule has 1 aliphatic carbocycles. The molecule has 1 saturated carbocycles. The molecule has 116 valence electrons. The van der Waals surface area contributed by atoms with E-state index in [2.05, 4.69) is 59.9 Å². The van der Waals surface area contributed by atoms with Crippen LogP contribution >= 0.6 is 0 Å². The minimum Gasteiger partial charge on any atom is -0.399 e. The summed E-state index contributed by atoms with van der Waals surface area (Å²) < 4.78 is 0. The van der Waals surface area contributed by atoms with Crippen LogP contribution in [0, 0.1) is 5.92 Å². The Morgan fingerprint density at radius 3 is 2.57 bits per heavy atom. The maximum atomic E-state index is 6.03. The molecule has 0 spiro atoms. The third-order valence-corrected chi connectivity index (χ3v) is 4.69. The predicted molar refractivity (Wildman–Crippen MR) is 97.4 cm³/mol. The maximum absolute atomic E-state index is 6.03.